The van der Waals surface area contributed by atoms with Crippen LogP contribution in [0.1, 0.15) is 19.4 Å². The predicted octanol–water partition coefficient (Wildman–Crippen LogP) is 4.90. The van der Waals surface area contributed by atoms with Crippen LogP contribution in [0.25, 0.3) is 10.9 Å². The standard InChI is InChI=1S/C25H24N6O7S/c1-14(2)13-27-30-18-7-4-3-6-16(18)22(32)21(25(30)33)23-28-17-10-9-15(12-20(17)39(36,37)29-23)38-24-19(31(34)35)8-5-11-26-24/h3-12,14,27,32,36-37H,13H2,1-2H3,(H,28,29). The van der Waals surface area contributed by atoms with Gasteiger partial charge in [0.1, 0.15) is 22.0 Å². The summed E-state index contributed by atoms with van der Waals surface area (Å²) in [5, 5.41) is 25.6. The number of hydrogen-bond acceptors (Lipinski definition) is 11. The maximum Gasteiger partial charge on any atom is 0.331 e. The second-order valence-corrected chi connectivity index (χ2v) is 10.7. The normalized spacial score (nSPS) is 14.7. The highest BCUT2D eigenvalue weighted by Crippen LogP contribution is 2.56. The van der Waals surface area contributed by atoms with Gasteiger partial charge in [0.2, 0.25) is 0 Å². The van der Waals surface area contributed by atoms with E-state index in [-0.39, 0.29) is 51.0 Å². The van der Waals surface area contributed by atoms with Crippen LogP contribution in [-0.2, 0) is 0 Å². The lowest BCUT2D eigenvalue weighted by atomic mass is 10.1. The van der Waals surface area contributed by atoms with Crippen molar-refractivity contribution in [3.63, 3.8) is 0 Å². The molecule has 13 nitrogen and oxygen atoms in total. The molecule has 0 bridgehead atoms. The Hall–Kier alpha value is -4.66. The van der Waals surface area contributed by atoms with Crippen molar-refractivity contribution in [2.75, 3.05) is 17.3 Å². The third-order valence-electron chi connectivity index (χ3n) is 5.83. The average molecular weight is 553 g/mol. The number of nitrogens with zero attached hydrogens (tertiary/aromatic N) is 4. The van der Waals surface area contributed by atoms with Crippen LogP contribution in [0.4, 0.5) is 11.4 Å². The van der Waals surface area contributed by atoms with Gasteiger partial charge in [-0.2, -0.15) is 0 Å². The van der Waals surface area contributed by atoms with Crippen LogP contribution in [0.2, 0.25) is 0 Å². The van der Waals surface area contributed by atoms with Crippen LogP contribution in [0, 0.1) is 16.0 Å². The van der Waals surface area contributed by atoms with Crippen LogP contribution in [0.3, 0.4) is 0 Å². The molecular weight excluding hydrogens is 528 g/mol. The fraction of sp³-hybridized carbons (Fsp3) is 0.160. The lowest BCUT2D eigenvalue weighted by Gasteiger charge is -2.34. The second kappa shape index (κ2) is 9.90. The first-order chi connectivity index (χ1) is 18.6. The summed E-state index contributed by atoms with van der Waals surface area (Å²) in [7, 11) is -3.89. The summed E-state index contributed by atoms with van der Waals surface area (Å²) in [6, 6.07) is 13.5. The quantitative estimate of drug-likeness (QED) is 0.156. The topological polar surface area (TPSA) is 184 Å². The monoisotopic (exact) mass is 552 g/mol. The molecule has 0 amide bonds. The van der Waals surface area contributed by atoms with E-state index in [9.17, 15) is 29.1 Å². The van der Waals surface area contributed by atoms with Crippen molar-refractivity contribution >= 4 is 38.9 Å². The minimum Gasteiger partial charge on any atom is -0.506 e. The van der Waals surface area contributed by atoms with E-state index in [1.54, 1.807) is 24.3 Å². The fourth-order valence-corrected chi connectivity index (χ4v) is 5.19. The number of aromatic nitrogens is 2. The molecule has 0 spiro atoms. The Morgan fingerprint density at radius 1 is 1.18 bits per heavy atom. The van der Waals surface area contributed by atoms with E-state index in [0.29, 0.717) is 17.4 Å². The summed E-state index contributed by atoms with van der Waals surface area (Å²) in [4.78, 5) is 28.0. The van der Waals surface area contributed by atoms with Crippen molar-refractivity contribution in [3.05, 3.63) is 86.8 Å². The summed E-state index contributed by atoms with van der Waals surface area (Å²) < 4.78 is 32.8. The predicted molar refractivity (Wildman–Crippen MR) is 148 cm³/mol. The average Bonchev–Trinajstić information content (AvgIpc) is 2.89. The van der Waals surface area contributed by atoms with Crippen molar-refractivity contribution < 1.29 is 23.9 Å². The Morgan fingerprint density at radius 2 is 1.95 bits per heavy atom. The number of rotatable bonds is 7. The lowest BCUT2D eigenvalue weighted by Crippen LogP contribution is -2.37. The Morgan fingerprint density at radius 3 is 2.69 bits per heavy atom. The molecule has 0 saturated heterocycles. The molecule has 39 heavy (non-hydrogen) atoms. The van der Waals surface area contributed by atoms with E-state index in [1.807, 2.05) is 13.8 Å². The van der Waals surface area contributed by atoms with Crippen molar-refractivity contribution in [2.45, 2.75) is 18.7 Å². The minimum absolute atomic E-state index is 0.0461. The largest absolute Gasteiger partial charge is 0.506 e. The molecule has 4 aromatic rings. The van der Waals surface area contributed by atoms with Crippen LogP contribution >= 0.6 is 10.8 Å². The van der Waals surface area contributed by atoms with Gasteiger partial charge < -0.3 is 20.6 Å². The van der Waals surface area contributed by atoms with E-state index < -0.39 is 21.3 Å². The van der Waals surface area contributed by atoms with Gasteiger partial charge in [-0.15, -0.1) is 4.40 Å². The highest BCUT2D eigenvalue weighted by molar-refractivity contribution is 8.23. The molecule has 1 aliphatic heterocycles. The van der Waals surface area contributed by atoms with Gasteiger partial charge in [0, 0.05) is 30.3 Å². The minimum atomic E-state index is -3.89. The maximum absolute atomic E-state index is 13.6. The highest BCUT2D eigenvalue weighted by atomic mass is 32.3. The summed E-state index contributed by atoms with van der Waals surface area (Å²) in [6.07, 6.45) is 1.32. The van der Waals surface area contributed by atoms with Gasteiger partial charge >= 0.3 is 5.69 Å². The number of pyridine rings is 2. The molecule has 202 valence electrons. The second-order valence-electron chi connectivity index (χ2n) is 9.07. The Labute approximate surface area is 223 Å². The van der Waals surface area contributed by atoms with Crippen molar-refractivity contribution in [1.29, 1.82) is 0 Å². The third kappa shape index (κ3) is 4.83. The van der Waals surface area contributed by atoms with Crippen LogP contribution < -0.4 is 21.0 Å². The van der Waals surface area contributed by atoms with Gasteiger partial charge in [-0.1, -0.05) is 36.8 Å². The molecule has 2 aromatic heterocycles. The Kier molecular flexibility index (Phi) is 6.59. The first kappa shape index (κ1) is 26.0. The number of amidine groups is 1. The molecule has 5 N–H and O–H groups in total. The number of para-hydroxylation sites is 1. The number of benzene rings is 2. The number of fused-ring (bicyclic) bond motifs is 2. The van der Waals surface area contributed by atoms with Gasteiger partial charge in [-0.05, 0) is 36.2 Å². The van der Waals surface area contributed by atoms with Gasteiger partial charge in [-0.3, -0.25) is 24.0 Å². The summed E-state index contributed by atoms with van der Waals surface area (Å²) in [6.45, 7) is 4.41. The molecule has 0 saturated carbocycles. The van der Waals surface area contributed by atoms with E-state index in [2.05, 4.69) is 20.1 Å². The van der Waals surface area contributed by atoms with Gasteiger partial charge in [0.25, 0.3) is 11.4 Å². The lowest BCUT2D eigenvalue weighted by molar-refractivity contribution is -0.386. The number of anilines is 1. The van der Waals surface area contributed by atoms with Gasteiger partial charge in [-0.25, -0.2) is 9.66 Å². The molecule has 3 heterocycles. The smallest absolute Gasteiger partial charge is 0.331 e. The maximum atomic E-state index is 13.6. The molecule has 2 aromatic carbocycles. The molecule has 0 aliphatic carbocycles. The van der Waals surface area contributed by atoms with Crippen molar-refractivity contribution in [3.8, 4) is 17.4 Å². The first-order valence-corrected chi connectivity index (χ1v) is 13.2. The van der Waals surface area contributed by atoms with Crippen LogP contribution in [-0.4, -0.2) is 41.2 Å². The van der Waals surface area contributed by atoms with Crippen molar-refractivity contribution in [1.82, 2.24) is 9.66 Å². The van der Waals surface area contributed by atoms with Crippen LogP contribution in [0.5, 0.6) is 17.4 Å². The van der Waals surface area contributed by atoms with Gasteiger partial charge in [0.05, 0.1) is 16.1 Å². The number of nitro groups is 1. The molecule has 0 radical (unpaired) electrons. The van der Waals surface area contributed by atoms with E-state index >= 15 is 0 Å². The molecular formula is C25H24N6O7S. The fourth-order valence-electron chi connectivity index (χ4n) is 4.01. The molecule has 0 unspecified atom stereocenters. The Balaban J connectivity index is 1.57. The molecule has 5 rings (SSSR count). The molecule has 0 atom stereocenters. The van der Waals surface area contributed by atoms with E-state index in [0.717, 1.165) is 0 Å². The Bertz CT molecular complexity index is 1700. The number of aromatic hydroxyl groups is 1. The molecule has 1 aliphatic rings. The molecule has 0 fully saturated rings. The zero-order valence-corrected chi connectivity index (χ0v) is 21.5. The zero-order valence-electron chi connectivity index (χ0n) is 20.7. The third-order valence-corrected chi connectivity index (χ3v) is 7.20. The summed E-state index contributed by atoms with van der Waals surface area (Å²) in [5.74, 6) is -0.622. The zero-order chi connectivity index (χ0) is 27.9. The summed E-state index contributed by atoms with van der Waals surface area (Å²) in [5.41, 5.74) is 2.44. The summed E-state index contributed by atoms with van der Waals surface area (Å²) >= 11 is 0. The van der Waals surface area contributed by atoms with Gasteiger partial charge in [0.15, 0.2) is 5.84 Å². The van der Waals surface area contributed by atoms with E-state index in [4.69, 9.17) is 4.74 Å². The highest BCUT2D eigenvalue weighted by Gasteiger charge is 2.31. The van der Waals surface area contributed by atoms with Crippen LogP contribution in [0.15, 0.2) is 74.9 Å². The SMILES string of the molecule is CC(C)CNn1c(=O)c(C2=NS(O)(O)c3cc(Oc4ncccc4[N+](=O)[O-])ccc3N2)c(O)c2ccccc21. The van der Waals surface area contributed by atoms with E-state index in [1.165, 1.54) is 41.2 Å². The first-order valence-electron chi connectivity index (χ1n) is 11.7. The van der Waals surface area contributed by atoms with Crippen molar-refractivity contribution in [2.24, 2.45) is 10.3 Å². The number of nitrogens with one attached hydrogen (secondary N) is 2. The molecule has 14 heteroatoms. The number of ether oxygens (including phenoxy) is 1. The number of hydrogen-bond donors (Lipinski definition) is 5.